The Morgan fingerprint density at radius 2 is 1.75 bits per heavy atom. The number of hydrogen-bond donors (Lipinski definition) is 8. The zero-order valence-electron chi connectivity index (χ0n) is 21.4. The molecular weight excluding hydrogens is 552 g/mol. The number of phenols is 1. The highest BCUT2D eigenvalue weighted by atomic mass is 35.5. The van der Waals surface area contributed by atoms with Crippen LogP contribution >= 0.6 is 11.6 Å². The SMILES string of the molecule is C[C@H]1c2ccc(NC(=O)NC(=O)CCl)c(O)c2C(=O)C2=C(O)[C@]3(O)C(O)=C(C(N)=O)C(=O)[C@@H](N(C)C)[C@@H]3[C@@H](O)[C@@H]21. The van der Waals surface area contributed by atoms with E-state index in [1.54, 1.807) is 6.92 Å². The van der Waals surface area contributed by atoms with Crippen LogP contribution in [0.4, 0.5) is 10.5 Å². The molecule has 1 aromatic rings. The van der Waals surface area contributed by atoms with Gasteiger partial charge in [-0.25, -0.2) is 4.79 Å². The third kappa shape index (κ3) is 3.94. The average Bonchev–Trinajstić information content (AvgIpc) is 2.87. The molecule has 214 valence electrons. The van der Waals surface area contributed by atoms with Gasteiger partial charge >= 0.3 is 6.03 Å². The smallest absolute Gasteiger partial charge is 0.326 e. The van der Waals surface area contributed by atoms with Gasteiger partial charge in [0.2, 0.25) is 5.91 Å². The molecule has 0 radical (unpaired) electrons. The number of primary amides is 1. The lowest BCUT2D eigenvalue weighted by molar-refractivity contribution is -0.151. The fourth-order valence-electron chi connectivity index (χ4n) is 6.03. The van der Waals surface area contributed by atoms with Crippen LogP contribution in [0, 0.1) is 11.8 Å². The number of anilines is 1. The lowest BCUT2D eigenvalue weighted by atomic mass is 9.55. The molecule has 3 aliphatic carbocycles. The van der Waals surface area contributed by atoms with Gasteiger partial charge in [-0.05, 0) is 31.6 Å². The monoisotopic (exact) mass is 578 g/mol. The molecular formula is C25H27ClN4O10. The molecule has 4 amide bonds. The Morgan fingerprint density at radius 1 is 1.12 bits per heavy atom. The number of nitrogens with zero attached hydrogens (tertiary/aromatic N) is 1. The number of nitrogens with two attached hydrogens (primary N) is 1. The number of hydrogen-bond acceptors (Lipinski definition) is 11. The fraction of sp³-hybridized carbons (Fsp3) is 0.400. The number of amides is 4. The van der Waals surface area contributed by atoms with E-state index in [9.17, 15) is 49.5 Å². The molecule has 6 atom stereocenters. The molecule has 0 heterocycles. The minimum atomic E-state index is -2.97. The number of fused-ring (bicyclic) bond motifs is 3. The number of ketones is 2. The molecule has 15 heteroatoms. The second-order valence-corrected chi connectivity index (χ2v) is 10.4. The van der Waals surface area contributed by atoms with E-state index in [4.69, 9.17) is 17.3 Å². The van der Waals surface area contributed by atoms with Gasteiger partial charge in [-0.2, -0.15) is 0 Å². The maximum atomic E-state index is 13.8. The van der Waals surface area contributed by atoms with Crippen LogP contribution in [0.25, 0.3) is 0 Å². The van der Waals surface area contributed by atoms with Crippen LogP contribution < -0.4 is 16.4 Å². The van der Waals surface area contributed by atoms with Crippen molar-refractivity contribution in [1.29, 1.82) is 0 Å². The standard InChI is InChI=1S/C25H27ClN4O10/c1-7-8-4-5-9(28-24(39)29-10(31)6-26)17(32)12(8)18(33)13-11(7)19(34)15-16(30(2)3)20(35)14(23(27)38)22(37)25(15,40)21(13)36/h4-5,7,11,15-16,19,32,34,36-37,40H,6H2,1-3H3,(H2,27,38)(H2,28,29,31,39)/t7-,11+,15+,16-,19-,25-/m0/s1. The highest BCUT2D eigenvalue weighted by Crippen LogP contribution is 2.56. The molecule has 0 fully saturated rings. The summed E-state index contributed by atoms with van der Waals surface area (Å²) in [5, 5.41) is 60.6. The van der Waals surface area contributed by atoms with Gasteiger partial charge < -0.3 is 36.6 Å². The Hall–Kier alpha value is -3.98. The van der Waals surface area contributed by atoms with E-state index in [0.717, 1.165) is 0 Å². The van der Waals surface area contributed by atoms with Gasteiger partial charge in [0, 0.05) is 11.5 Å². The number of alkyl halides is 1. The molecule has 0 unspecified atom stereocenters. The average molecular weight is 579 g/mol. The molecule has 0 saturated heterocycles. The van der Waals surface area contributed by atoms with Crippen molar-refractivity contribution in [1.82, 2.24) is 10.2 Å². The van der Waals surface area contributed by atoms with Crippen LogP contribution in [0.5, 0.6) is 5.75 Å². The molecule has 0 bridgehead atoms. The third-order valence-electron chi connectivity index (χ3n) is 7.76. The summed E-state index contributed by atoms with van der Waals surface area (Å²) in [5.74, 6) is -11.7. The van der Waals surface area contributed by atoms with Gasteiger partial charge in [0.05, 0.1) is 29.3 Å². The highest BCUT2D eigenvalue weighted by molar-refractivity contribution is 6.28. The van der Waals surface area contributed by atoms with Gasteiger partial charge in [0.1, 0.15) is 23.0 Å². The van der Waals surface area contributed by atoms with E-state index in [1.165, 1.54) is 31.1 Å². The third-order valence-corrected chi connectivity index (χ3v) is 8.00. The zero-order valence-corrected chi connectivity index (χ0v) is 22.2. The van der Waals surface area contributed by atoms with Crippen molar-refractivity contribution in [2.75, 3.05) is 25.3 Å². The van der Waals surface area contributed by atoms with Crippen molar-refractivity contribution in [2.24, 2.45) is 17.6 Å². The number of nitrogens with one attached hydrogen (secondary N) is 2. The summed E-state index contributed by atoms with van der Waals surface area (Å²) >= 11 is 5.36. The Morgan fingerprint density at radius 3 is 2.30 bits per heavy atom. The van der Waals surface area contributed by atoms with Crippen molar-refractivity contribution in [3.8, 4) is 5.75 Å². The normalized spacial score (nSPS) is 29.5. The first kappa shape index (κ1) is 29.0. The lowest BCUT2D eigenvalue weighted by Gasteiger charge is -2.53. The van der Waals surface area contributed by atoms with Gasteiger partial charge in [0.25, 0.3) is 5.91 Å². The van der Waals surface area contributed by atoms with Crippen molar-refractivity contribution in [3.05, 3.63) is 45.9 Å². The maximum absolute atomic E-state index is 13.8. The van der Waals surface area contributed by atoms with E-state index >= 15 is 0 Å². The van der Waals surface area contributed by atoms with Crippen LogP contribution in [0.1, 0.15) is 28.8 Å². The number of carbonyl (C=O) groups is 5. The van der Waals surface area contributed by atoms with Crippen LogP contribution in [0.3, 0.4) is 0 Å². The molecule has 0 saturated carbocycles. The number of rotatable bonds is 4. The van der Waals surface area contributed by atoms with Crippen LogP contribution in [-0.4, -0.2) is 97.6 Å². The first-order valence-electron chi connectivity index (χ1n) is 12.0. The minimum Gasteiger partial charge on any atom is -0.508 e. The summed E-state index contributed by atoms with van der Waals surface area (Å²) in [6.45, 7) is 1.56. The number of Topliss-reactive ketones (excluding diaryl/α,β-unsaturated/α-hetero) is 2. The van der Waals surface area contributed by atoms with Crippen LogP contribution in [-0.2, 0) is 14.4 Å². The second-order valence-electron chi connectivity index (χ2n) is 10.1. The lowest BCUT2D eigenvalue weighted by Crippen LogP contribution is -2.67. The number of aliphatic hydroxyl groups is 4. The van der Waals surface area contributed by atoms with Crippen molar-refractivity contribution in [2.45, 2.75) is 30.6 Å². The van der Waals surface area contributed by atoms with E-state index < -0.39 is 105 Å². The first-order valence-corrected chi connectivity index (χ1v) is 12.5. The number of imide groups is 1. The van der Waals surface area contributed by atoms with Gasteiger partial charge in [0.15, 0.2) is 22.9 Å². The molecule has 1 aromatic carbocycles. The largest absolute Gasteiger partial charge is 0.508 e. The van der Waals surface area contributed by atoms with Crippen LogP contribution in [0.15, 0.2) is 34.8 Å². The van der Waals surface area contributed by atoms with E-state index in [1.807, 2.05) is 5.32 Å². The highest BCUT2D eigenvalue weighted by Gasteiger charge is 2.66. The van der Waals surface area contributed by atoms with Gasteiger partial charge in [-0.1, -0.05) is 13.0 Å². The molecule has 40 heavy (non-hydrogen) atoms. The van der Waals surface area contributed by atoms with Crippen molar-refractivity contribution in [3.63, 3.8) is 0 Å². The molecule has 0 aromatic heterocycles. The summed E-state index contributed by atoms with van der Waals surface area (Å²) in [4.78, 5) is 63.8. The summed E-state index contributed by atoms with van der Waals surface area (Å²) in [6.07, 6.45) is -1.73. The Bertz CT molecular complexity index is 1440. The topological polar surface area (TPSA) is 240 Å². The maximum Gasteiger partial charge on any atom is 0.326 e. The Balaban J connectivity index is 1.93. The quantitative estimate of drug-likeness (QED) is 0.129. The number of phenolic OH excluding ortho intramolecular Hbond substituents is 1. The number of benzene rings is 1. The second kappa shape index (κ2) is 9.89. The molecule has 0 aliphatic heterocycles. The predicted octanol–water partition coefficient (Wildman–Crippen LogP) is -0.461. The fourth-order valence-corrected chi connectivity index (χ4v) is 6.10. The zero-order chi connectivity index (χ0) is 30.0. The number of halogens is 1. The number of carbonyl (C=O) groups excluding carboxylic acids is 5. The molecule has 3 aliphatic rings. The van der Waals surface area contributed by atoms with Gasteiger partial charge in [-0.3, -0.25) is 29.4 Å². The van der Waals surface area contributed by atoms with E-state index in [-0.39, 0.29) is 11.3 Å². The molecule has 14 nitrogen and oxygen atoms in total. The first-order chi connectivity index (χ1) is 18.6. The van der Waals surface area contributed by atoms with Crippen LogP contribution in [0.2, 0.25) is 0 Å². The molecule has 9 N–H and O–H groups in total. The minimum absolute atomic E-state index is 0.206. The van der Waals surface area contributed by atoms with E-state index in [0.29, 0.717) is 0 Å². The van der Waals surface area contributed by atoms with E-state index in [2.05, 4.69) is 5.32 Å². The number of likely N-dealkylation sites (N-methyl/N-ethyl adjacent to an activating group) is 1. The summed E-state index contributed by atoms with van der Waals surface area (Å²) < 4.78 is 0. The number of aliphatic hydroxyl groups excluding tert-OH is 3. The summed E-state index contributed by atoms with van der Waals surface area (Å²) in [7, 11) is 2.84. The number of urea groups is 1. The number of aromatic hydroxyl groups is 1. The predicted molar refractivity (Wildman–Crippen MR) is 138 cm³/mol. The summed E-state index contributed by atoms with van der Waals surface area (Å²) in [5.41, 5.74) is 0.262. The van der Waals surface area contributed by atoms with Crippen molar-refractivity contribution >= 4 is 46.7 Å². The van der Waals surface area contributed by atoms with Gasteiger partial charge in [-0.15, -0.1) is 11.6 Å². The Labute approximate surface area is 231 Å². The molecule has 4 rings (SSSR count). The molecule has 0 spiro atoms. The summed E-state index contributed by atoms with van der Waals surface area (Å²) in [6, 6.07) is 0.136. The van der Waals surface area contributed by atoms with Crippen molar-refractivity contribution < 1.29 is 49.5 Å². The Kier molecular flexibility index (Phi) is 7.17.